The molecule has 4 rings (SSSR count). The van der Waals surface area contributed by atoms with Gasteiger partial charge in [0.25, 0.3) is 0 Å². The minimum Gasteiger partial charge on any atom is -0.497 e. The Bertz CT molecular complexity index is 1330. The van der Waals surface area contributed by atoms with E-state index in [-0.39, 0.29) is 16.9 Å². The van der Waals surface area contributed by atoms with E-state index in [9.17, 15) is 9.59 Å². The van der Waals surface area contributed by atoms with E-state index in [0.717, 1.165) is 16.9 Å². The first-order valence-corrected chi connectivity index (χ1v) is 11.4. The van der Waals surface area contributed by atoms with Crippen LogP contribution in [0.15, 0.2) is 103 Å². The van der Waals surface area contributed by atoms with Crippen LogP contribution < -0.4 is 18.9 Å². The summed E-state index contributed by atoms with van der Waals surface area (Å²) in [5.74, 6) is 1.08. The Morgan fingerprint density at radius 1 is 0.583 bits per heavy atom. The zero-order chi connectivity index (χ0) is 25.5. The minimum atomic E-state index is -0.899. The Balaban J connectivity index is 1.37. The van der Waals surface area contributed by atoms with Crippen molar-refractivity contribution in [3.8, 4) is 23.0 Å². The first-order valence-electron chi connectivity index (χ1n) is 11.4. The summed E-state index contributed by atoms with van der Waals surface area (Å²) in [6.07, 6.45) is -0.899. The monoisotopic (exact) mass is 482 g/mol. The summed E-state index contributed by atoms with van der Waals surface area (Å²) in [5, 5.41) is 0. The highest BCUT2D eigenvalue weighted by atomic mass is 16.7. The third kappa shape index (κ3) is 5.91. The van der Waals surface area contributed by atoms with Crippen molar-refractivity contribution in [3.63, 3.8) is 0 Å². The molecule has 0 amide bonds. The maximum Gasteiger partial charge on any atom is 0.519 e. The van der Waals surface area contributed by atoms with Gasteiger partial charge in [-0.1, -0.05) is 62.4 Å². The SMILES string of the molecule is COc1ccc(C(C)(C)c2ccc(OC(=O)Oc3cccc(OC(=O)c4ccccc4)c3)cc2)cc1. The average molecular weight is 483 g/mol. The molecule has 0 unspecified atom stereocenters. The van der Waals surface area contributed by atoms with E-state index in [4.69, 9.17) is 18.9 Å². The molecule has 0 aliphatic heterocycles. The second-order valence-corrected chi connectivity index (χ2v) is 8.56. The second-order valence-electron chi connectivity index (χ2n) is 8.56. The third-order valence-electron chi connectivity index (χ3n) is 5.82. The largest absolute Gasteiger partial charge is 0.519 e. The smallest absolute Gasteiger partial charge is 0.497 e. The van der Waals surface area contributed by atoms with E-state index < -0.39 is 12.1 Å². The van der Waals surface area contributed by atoms with E-state index in [1.807, 2.05) is 42.5 Å². The zero-order valence-corrected chi connectivity index (χ0v) is 20.3. The molecule has 0 saturated carbocycles. The van der Waals surface area contributed by atoms with E-state index >= 15 is 0 Å². The van der Waals surface area contributed by atoms with Crippen molar-refractivity contribution >= 4 is 12.1 Å². The van der Waals surface area contributed by atoms with Gasteiger partial charge in [-0.25, -0.2) is 9.59 Å². The van der Waals surface area contributed by atoms with Gasteiger partial charge in [0.2, 0.25) is 0 Å². The van der Waals surface area contributed by atoms with Gasteiger partial charge in [-0.2, -0.15) is 0 Å². The average Bonchev–Trinajstić information content (AvgIpc) is 2.89. The predicted octanol–water partition coefficient (Wildman–Crippen LogP) is 6.82. The second kappa shape index (κ2) is 10.8. The Hall–Kier alpha value is -4.58. The predicted molar refractivity (Wildman–Crippen MR) is 136 cm³/mol. The fourth-order valence-corrected chi connectivity index (χ4v) is 3.67. The van der Waals surface area contributed by atoms with Gasteiger partial charge >= 0.3 is 12.1 Å². The lowest BCUT2D eigenvalue weighted by atomic mass is 9.78. The molecule has 0 saturated heterocycles. The molecule has 6 heteroatoms. The van der Waals surface area contributed by atoms with Crippen molar-refractivity contribution in [1.29, 1.82) is 0 Å². The molecule has 0 aliphatic carbocycles. The molecule has 0 spiro atoms. The lowest BCUT2D eigenvalue weighted by Gasteiger charge is -2.26. The van der Waals surface area contributed by atoms with Crippen molar-refractivity contribution in [1.82, 2.24) is 0 Å². The number of benzene rings is 4. The molecule has 0 bridgehead atoms. The van der Waals surface area contributed by atoms with Gasteiger partial charge < -0.3 is 18.9 Å². The standard InChI is InChI=1S/C30H26O6/c1-30(2,22-12-16-24(33-3)17-13-22)23-14-18-25(19-15-23)35-29(32)36-27-11-7-10-26(20-27)34-28(31)21-8-5-4-6-9-21/h4-20H,1-3H3. The summed E-state index contributed by atoms with van der Waals surface area (Å²) in [6.45, 7) is 4.24. The Morgan fingerprint density at radius 3 is 1.69 bits per heavy atom. The number of ether oxygens (including phenoxy) is 4. The van der Waals surface area contributed by atoms with Crippen molar-refractivity contribution in [2.45, 2.75) is 19.3 Å². The third-order valence-corrected chi connectivity index (χ3v) is 5.82. The van der Waals surface area contributed by atoms with Crippen LogP contribution in [0.5, 0.6) is 23.0 Å². The normalized spacial score (nSPS) is 10.9. The molecule has 0 fully saturated rings. The number of carbonyl (C=O) groups is 2. The fourth-order valence-electron chi connectivity index (χ4n) is 3.67. The van der Waals surface area contributed by atoms with Gasteiger partial charge in [-0.05, 0) is 59.7 Å². The van der Waals surface area contributed by atoms with Crippen LogP contribution in [0, 0.1) is 0 Å². The van der Waals surface area contributed by atoms with Crippen LogP contribution in [0.2, 0.25) is 0 Å². The Morgan fingerprint density at radius 2 is 1.11 bits per heavy atom. The van der Waals surface area contributed by atoms with E-state index in [1.54, 1.807) is 61.7 Å². The van der Waals surface area contributed by atoms with Gasteiger partial charge in [0.05, 0.1) is 12.7 Å². The number of hydrogen-bond donors (Lipinski definition) is 0. The fraction of sp³-hybridized carbons (Fsp3) is 0.133. The summed E-state index contributed by atoms with van der Waals surface area (Å²) in [5.41, 5.74) is 2.34. The summed E-state index contributed by atoms with van der Waals surface area (Å²) in [6, 6.07) is 30.1. The van der Waals surface area contributed by atoms with E-state index in [0.29, 0.717) is 11.3 Å². The van der Waals surface area contributed by atoms with Crippen LogP contribution in [-0.4, -0.2) is 19.2 Å². The molecule has 6 nitrogen and oxygen atoms in total. The van der Waals surface area contributed by atoms with Gasteiger partial charge in [0, 0.05) is 11.5 Å². The zero-order valence-electron chi connectivity index (χ0n) is 20.3. The van der Waals surface area contributed by atoms with Crippen LogP contribution in [-0.2, 0) is 5.41 Å². The highest BCUT2D eigenvalue weighted by Crippen LogP contribution is 2.33. The van der Waals surface area contributed by atoms with Gasteiger partial charge in [0.1, 0.15) is 23.0 Å². The van der Waals surface area contributed by atoms with Crippen molar-refractivity contribution in [3.05, 3.63) is 120 Å². The van der Waals surface area contributed by atoms with Crippen LogP contribution in [0.4, 0.5) is 4.79 Å². The first-order chi connectivity index (χ1) is 17.3. The van der Waals surface area contributed by atoms with Crippen molar-refractivity contribution < 1.29 is 28.5 Å². The first kappa shape index (κ1) is 24.5. The Labute approximate surface area is 210 Å². The number of rotatable bonds is 7. The molecule has 0 N–H and O–H groups in total. The van der Waals surface area contributed by atoms with Crippen LogP contribution >= 0.6 is 0 Å². The van der Waals surface area contributed by atoms with E-state index in [1.165, 1.54) is 6.07 Å². The lowest BCUT2D eigenvalue weighted by molar-refractivity contribution is 0.0734. The maximum atomic E-state index is 12.3. The number of hydrogen-bond acceptors (Lipinski definition) is 6. The van der Waals surface area contributed by atoms with Crippen LogP contribution in [0.25, 0.3) is 0 Å². The molecule has 4 aromatic rings. The number of carbonyl (C=O) groups excluding carboxylic acids is 2. The highest BCUT2D eigenvalue weighted by Gasteiger charge is 2.23. The van der Waals surface area contributed by atoms with Gasteiger partial charge in [-0.3, -0.25) is 0 Å². The molecule has 0 aromatic heterocycles. The maximum absolute atomic E-state index is 12.3. The molecule has 4 aromatic carbocycles. The molecular weight excluding hydrogens is 456 g/mol. The molecule has 182 valence electrons. The summed E-state index contributed by atoms with van der Waals surface area (Å²) in [4.78, 5) is 24.6. The summed E-state index contributed by atoms with van der Waals surface area (Å²) in [7, 11) is 1.64. The summed E-state index contributed by atoms with van der Waals surface area (Å²) >= 11 is 0. The highest BCUT2D eigenvalue weighted by molar-refractivity contribution is 5.91. The van der Waals surface area contributed by atoms with Gasteiger partial charge in [-0.15, -0.1) is 0 Å². The summed E-state index contributed by atoms with van der Waals surface area (Å²) < 4.78 is 21.2. The lowest BCUT2D eigenvalue weighted by Crippen LogP contribution is -2.19. The molecule has 0 radical (unpaired) electrons. The number of esters is 1. The topological polar surface area (TPSA) is 71.1 Å². The van der Waals surface area contributed by atoms with Crippen molar-refractivity contribution in [2.75, 3.05) is 7.11 Å². The van der Waals surface area contributed by atoms with Crippen LogP contribution in [0.1, 0.15) is 35.3 Å². The molecule has 0 heterocycles. The molecule has 36 heavy (non-hydrogen) atoms. The molecular formula is C30H26O6. The van der Waals surface area contributed by atoms with Crippen LogP contribution in [0.3, 0.4) is 0 Å². The van der Waals surface area contributed by atoms with E-state index in [2.05, 4.69) is 13.8 Å². The minimum absolute atomic E-state index is 0.190. The molecule has 0 aliphatic rings. The molecule has 0 atom stereocenters. The Kier molecular flexibility index (Phi) is 7.35. The van der Waals surface area contributed by atoms with Crippen molar-refractivity contribution in [2.24, 2.45) is 0 Å². The quantitative estimate of drug-likeness (QED) is 0.164. The number of methoxy groups -OCH3 is 1. The van der Waals surface area contributed by atoms with Gasteiger partial charge in [0.15, 0.2) is 0 Å².